The fraction of sp³-hybridized carbons (Fsp3) is 0.480. The molecule has 3 saturated heterocycles. The van der Waals surface area contributed by atoms with Crippen LogP contribution in [0, 0.1) is 17.3 Å². The molecule has 15 heteroatoms. The molecule has 342 valence electrons. The molecule has 4 aromatic rings. The third-order valence-electron chi connectivity index (χ3n) is 14.3. The number of fused-ring (bicyclic) bond motifs is 3. The number of nitrogens with zero attached hydrogens (tertiary/aromatic N) is 4. The maximum atomic E-state index is 14.1. The van der Waals surface area contributed by atoms with E-state index in [1.807, 2.05) is 49.8 Å². The monoisotopic (exact) mass is 884 g/mol. The molecule has 0 unspecified atom stereocenters. The van der Waals surface area contributed by atoms with Crippen LogP contribution in [0.25, 0.3) is 27.9 Å². The topological polar surface area (TPSA) is 184 Å². The molecular formula is C50H60N8O7. The number of ether oxygens (including phenoxy) is 3. The van der Waals surface area contributed by atoms with Gasteiger partial charge in [0.15, 0.2) is 0 Å². The van der Waals surface area contributed by atoms with Crippen molar-refractivity contribution in [3.05, 3.63) is 101 Å². The molecule has 2 aliphatic carbocycles. The first-order chi connectivity index (χ1) is 31.2. The van der Waals surface area contributed by atoms with E-state index in [4.69, 9.17) is 24.2 Å². The number of rotatable bonds is 10. The van der Waals surface area contributed by atoms with Crippen LogP contribution in [-0.4, -0.2) is 106 Å². The van der Waals surface area contributed by atoms with Crippen molar-refractivity contribution < 1.29 is 33.4 Å². The number of aromatic amines is 2. The highest BCUT2D eigenvalue weighted by Gasteiger charge is 2.55. The van der Waals surface area contributed by atoms with Crippen LogP contribution < -0.4 is 10.6 Å². The van der Waals surface area contributed by atoms with Gasteiger partial charge in [-0.3, -0.25) is 9.59 Å². The van der Waals surface area contributed by atoms with Gasteiger partial charge in [-0.2, -0.15) is 0 Å². The molecule has 4 fully saturated rings. The lowest BCUT2D eigenvalue weighted by atomic mass is 9.70. The Labute approximate surface area is 379 Å². The van der Waals surface area contributed by atoms with E-state index in [9.17, 15) is 19.2 Å². The summed E-state index contributed by atoms with van der Waals surface area (Å²) in [5, 5.41) is 5.49. The van der Waals surface area contributed by atoms with E-state index in [1.54, 1.807) is 0 Å². The van der Waals surface area contributed by atoms with Gasteiger partial charge >= 0.3 is 12.2 Å². The molecule has 1 saturated carbocycles. The zero-order valence-electron chi connectivity index (χ0n) is 38.2. The maximum Gasteiger partial charge on any atom is 0.407 e. The number of imidazole rings is 2. The Bertz CT molecular complexity index is 2600. The molecule has 5 aliphatic rings. The number of H-pyrrole nitrogens is 2. The van der Waals surface area contributed by atoms with Crippen LogP contribution in [0.4, 0.5) is 9.59 Å². The predicted molar refractivity (Wildman–Crippen MR) is 245 cm³/mol. The molecule has 2 spiro atoms. The average molecular weight is 885 g/mol. The summed E-state index contributed by atoms with van der Waals surface area (Å²) in [4.78, 5) is 72.9. The van der Waals surface area contributed by atoms with Gasteiger partial charge in [0.2, 0.25) is 11.8 Å². The lowest BCUT2D eigenvalue weighted by Crippen LogP contribution is -2.51. The Hall–Kier alpha value is -6.22. The summed E-state index contributed by atoms with van der Waals surface area (Å²) < 4.78 is 15.6. The lowest BCUT2D eigenvalue weighted by molar-refractivity contribution is -0.136. The highest BCUT2D eigenvalue weighted by Crippen LogP contribution is 2.58. The smallest absolute Gasteiger partial charge is 0.407 e. The summed E-state index contributed by atoms with van der Waals surface area (Å²) in [6, 6.07) is 10.9. The number of methoxy groups -OCH3 is 2. The number of aromatic nitrogens is 4. The minimum absolute atomic E-state index is 0.0915. The Kier molecular flexibility index (Phi) is 11.7. The zero-order valence-corrected chi connectivity index (χ0v) is 38.2. The first-order valence-corrected chi connectivity index (χ1v) is 22.9. The molecule has 15 nitrogen and oxygen atoms in total. The van der Waals surface area contributed by atoms with Crippen LogP contribution in [0.3, 0.4) is 0 Å². The lowest BCUT2D eigenvalue weighted by Gasteiger charge is -2.44. The van der Waals surface area contributed by atoms with E-state index >= 15 is 0 Å². The number of hydrogen-bond acceptors (Lipinski definition) is 9. The average Bonchev–Trinajstić information content (AvgIpc) is 3.78. The van der Waals surface area contributed by atoms with Gasteiger partial charge in [0.1, 0.15) is 23.7 Å². The van der Waals surface area contributed by atoms with Crippen molar-refractivity contribution in [1.82, 2.24) is 40.4 Å². The Balaban J connectivity index is 0.964. The number of carbonyl (C=O) groups is 4. The van der Waals surface area contributed by atoms with E-state index in [1.165, 1.54) is 25.3 Å². The first kappa shape index (κ1) is 44.0. The summed E-state index contributed by atoms with van der Waals surface area (Å²) in [6.07, 6.45) is 12.4. The van der Waals surface area contributed by atoms with Gasteiger partial charge in [0.25, 0.3) is 0 Å². The van der Waals surface area contributed by atoms with Crippen molar-refractivity contribution in [2.24, 2.45) is 17.3 Å². The Morgan fingerprint density at radius 1 is 0.877 bits per heavy atom. The third kappa shape index (κ3) is 8.23. The van der Waals surface area contributed by atoms with Gasteiger partial charge in [-0.25, -0.2) is 19.6 Å². The van der Waals surface area contributed by atoms with E-state index in [0.717, 1.165) is 82.8 Å². The first-order valence-electron chi connectivity index (χ1n) is 22.9. The normalized spacial score (nSPS) is 23.0. The van der Waals surface area contributed by atoms with Crippen molar-refractivity contribution in [2.75, 3.05) is 40.5 Å². The summed E-state index contributed by atoms with van der Waals surface area (Å²) in [7, 11) is 2.60. The molecule has 0 radical (unpaired) electrons. The zero-order chi connectivity index (χ0) is 45.8. The molecule has 4 N–H and O–H groups in total. The molecule has 5 heterocycles. The minimum Gasteiger partial charge on any atom is -0.453 e. The van der Waals surface area contributed by atoms with E-state index in [2.05, 4.69) is 75.7 Å². The second kappa shape index (κ2) is 17.3. The van der Waals surface area contributed by atoms with Crippen LogP contribution in [-0.2, 0) is 35.6 Å². The quantitative estimate of drug-likeness (QED) is 0.126. The standard InChI is InChI=1S/C50H60N8O7/c1-28(2)41(55-47(61)63-6)45(59)57-19-9-12-39(57)44-52-36-16-15-33(22-37(36)53-44)32-11-8-10-31-13-14-34(21-35(31)50(26-65-27-50)30(5)20-32)38-24-51-43(54-38)40-23-49(17-18-49)25-58(40)46(60)42(29(3)4)56-48(62)64-7/h8,11,13-16,20-22,24,28-29,39-42H,5,9-10,12,17-19,23,25-27H2,1-4,6-7H3,(H,51,54)(H,52,53)(H,55,61)(H,56,62)/b11-8-,32-20+/t39-,40-,41-,42-/m0/s1. The SMILES string of the molecule is C=C1/C=C(c2ccc3nc([C@@H]4CCCN4C(=O)[C@@H](NC(=O)OC)C(C)C)[nH]c3c2)\C=C/Cc2ccc(-c3cnc([C@@H]4CC5(CC5)CN4C(=O)[C@@H](NC(=O)OC)C(C)C)[nH]3)cc2C12COC2. The van der Waals surface area contributed by atoms with Crippen molar-refractivity contribution in [3.63, 3.8) is 0 Å². The Morgan fingerprint density at radius 3 is 2.22 bits per heavy atom. The van der Waals surface area contributed by atoms with Crippen LogP contribution in [0.2, 0.25) is 0 Å². The van der Waals surface area contributed by atoms with Crippen LogP contribution in [0.5, 0.6) is 0 Å². The fourth-order valence-corrected chi connectivity index (χ4v) is 10.2. The maximum absolute atomic E-state index is 14.1. The van der Waals surface area contributed by atoms with Gasteiger partial charge in [0.05, 0.1) is 67.9 Å². The van der Waals surface area contributed by atoms with Crippen LogP contribution in [0.15, 0.2) is 73.0 Å². The number of likely N-dealkylation sites (tertiary alicyclic amines) is 2. The molecule has 4 amide bonds. The molecule has 65 heavy (non-hydrogen) atoms. The summed E-state index contributed by atoms with van der Waals surface area (Å²) >= 11 is 0. The van der Waals surface area contributed by atoms with Crippen molar-refractivity contribution >= 4 is 40.6 Å². The predicted octanol–water partition coefficient (Wildman–Crippen LogP) is 7.45. The summed E-state index contributed by atoms with van der Waals surface area (Å²) in [5.41, 5.74) is 8.52. The molecular weight excluding hydrogens is 825 g/mol. The van der Waals surface area contributed by atoms with Gasteiger partial charge in [0, 0.05) is 13.1 Å². The second-order valence-electron chi connectivity index (χ2n) is 19.3. The van der Waals surface area contributed by atoms with Crippen LogP contribution in [0.1, 0.15) is 100 Å². The number of hydrogen-bond donors (Lipinski definition) is 4. The molecule has 2 aromatic heterocycles. The molecule has 4 atom stereocenters. The van der Waals surface area contributed by atoms with Gasteiger partial charge in [-0.05, 0) is 107 Å². The molecule has 2 aromatic carbocycles. The van der Waals surface area contributed by atoms with Crippen LogP contribution >= 0.6 is 0 Å². The fourth-order valence-electron chi connectivity index (χ4n) is 10.2. The van der Waals surface area contributed by atoms with Crippen molar-refractivity contribution in [1.29, 1.82) is 0 Å². The number of amides is 4. The highest BCUT2D eigenvalue weighted by atomic mass is 16.5. The largest absolute Gasteiger partial charge is 0.453 e. The molecule has 0 bridgehead atoms. The number of alkyl carbamates (subject to hydrolysis) is 2. The molecule has 3 aliphatic heterocycles. The highest BCUT2D eigenvalue weighted by molar-refractivity contribution is 5.88. The summed E-state index contributed by atoms with van der Waals surface area (Å²) in [6.45, 7) is 14.6. The molecule has 9 rings (SSSR count). The number of benzene rings is 2. The summed E-state index contributed by atoms with van der Waals surface area (Å²) in [5.74, 6) is 0.953. The van der Waals surface area contributed by atoms with Gasteiger partial charge < -0.3 is 44.6 Å². The third-order valence-corrected chi connectivity index (χ3v) is 14.3. The number of nitrogens with one attached hydrogen (secondary N) is 4. The number of carbonyl (C=O) groups excluding carboxylic acids is 4. The van der Waals surface area contributed by atoms with E-state index in [0.29, 0.717) is 32.7 Å². The van der Waals surface area contributed by atoms with Gasteiger partial charge in [-0.1, -0.05) is 70.7 Å². The van der Waals surface area contributed by atoms with Gasteiger partial charge in [-0.15, -0.1) is 0 Å². The number of allylic oxidation sites excluding steroid dienone is 4. The Morgan fingerprint density at radius 2 is 1.57 bits per heavy atom. The second-order valence-corrected chi connectivity index (χ2v) is 19.3. The van der Waals surface area contributed by atoms with Crippen molar-refractivity contribution in [3.8, 4) is 11.3 Å². The van der Waals surface area contributed by atoms with E-state index < -0.39 is 29.7 Å². The minimum atomic E-state index is -0.709. The van der Waals surface area contributed by atoms with E-state index in [-0.39, 0.29) is 41.1 Å². The van der Waals surface area contributed by atoms with Crippen molar-refractivity contribution in [2.45, 2.75) is 95.8 Å².